The highest BCUT2D eigenvalue weighted by molar-refractivity contribution is 6.04. The second kappa shape index (κ2) is 8.52. The van der Waals surface area contributed by atoms with Gasteiger partial charge >= 0.3 is 6.18 Å². The number of furan rings is 1. The second-order valence-electron chi connectivity index (χ2n) is 7.57. The maximum atomic E-state index is 13.6. The van der Waals surface area contributed by atoms with Gasteiger partial charge in [0.25, 0.3) is 5.91 Å². The van der Waals surface area contributed by atoms with Gasteiger partial charge in [-0.15, -0.1) is 0 Å². The van der Waals surface area contributed by atoms with E-state index in [1.54, 1.807) is 17.0 Å². The summed E-state index contributed by atoms with van der Waals surface area (Å²) in [5.74, 6) is -0.0118. The molecule has 1 amide bonds. The number of hydrogen-bond acceptors (Lipinski definition) is 6. The number of benzene rings is 1. The predicted octanol–water partition coefficient (Wildman–Crippen LogP) is 4.73. The topological polar surface area (TPSA) is 88.5 Å². The largest absolute Gasteiger partial charge is 0.463 e. The van der Waals surface area contributed by atoms with Gasteiger partial charge in [-0.05, 0) is 49.6 Å². The fourth-order valence-corrected chi connectivity index (χ4v) is 3.77. The lowest BCUT2D eigenvalue weighted by Crippen LogP contribution is -2.37. The van der Waals surface area contributed by atoms with Crippen molar-refractivity contribution < 1.29 is 22.4 Å². The van der Waals surface area contributed by atoms with Crippen molar-refractivity contribution in [1.29, 1.82) is 0 Å². The summed E-state index contributed by atoms with van der Waals surface area (Å²) in [6.45, 7) is 1.15. The molecule has 0 saturated carbocycles. The molecule has 0 atom stereocenters. The molecule has 0 aliphatic carbocycles. The van der Waals surface area contributed by atoms with Crippen LogP contribution in [0.15, 0.2) is 47.1 Å². The normalized spacial score (nSPS) is 14.4. The number of hydrogen-bond donors (Lipinski definition) is 1. The van der Waals surface area contributed by atoms with Gasteiger partial charge in [-0.3, -0.25) is 4.79 Å². The Kier molecular flexibility index (Phi) is 5.77. The molecule has 3 heterocycles. The Morgan fingerprint density at radius 1 is 1.12 bits per heavy atom. The van der Waals surface area contributed by atoms with Crippen molar-refractivity contribution in [3.8, 4) is 11.5 Å². The minimum atomic E-state index is -4.51. The number of nitrogens with two attached hydrogens (primary N) is 1. The van der Waals surface area contributed by atoms with Crippen LogP contribution in [-0.4, -0.2) is 40.9 Å². The first-order chi connectivity index (χ1) is 15.3. The Morgan fingerprint density at radius 3 is 2.53 bits per heavy atom. The molecule has 10 heteroatoms. The lowest BCUT2D eigenvalue weighted by molar-refractivity contribution is -0.137. The van der Waals surface area contributed by atoms with E-state index in [0.717, 1.165) is 31.4 Å². The van der Waals surface area contributed by atoms with E-state index in [4.69, 9.17) is 10.2 Å². The van der Waals surface area contributed by atoms with Gasteiger partial charge in [-0.2, -0.15) is 18.2 Å². The highest BCUT2D eigenvalue weighted by Gasteiger charge is 2.32. The molecule has 1 fully saturated rings. The maximum Gasteiger partial charge on any atom is 0.416 e. The zero-order valence-corrected chi connectivity index (χ0v) is 17.4. The number of alkyl halides is 3. The van der Waals surface area contributed by atoms with Crippen molar-refractivity contribution in [2.24, 2.45) is 0 Å². The average Bonchev–Trinajstić information content (AvgIpc) is 3.32. The molecule has 1 saturated heterocycles. The van der Waals surface area contributed by atoms with Crippen LogP contribution in [0.1, 0.15) is 35.2 Å². The molecule has 32 heavy (non-hydrogen) atoms. The van der Waals surface area contributed by atoms with E-state index in [0.29, 0.717) is 18.8 Å². The van der Waals surface area contributed by atoms with Gasteiger partial charge in [-0.25, -0.2) is 4.98 Å². The summed E-state index contributed by atoms with van der Waals surface area (Å²) in [7, 11) is 1.54. The number of nitrogens with zero attached hydrogens (tertiary/aromatic N) is 4. The van der Waals surface area contributed by atoms with E-state index < -0.39 is 11.7 Å². The number of carbonyl (C=O) groups excluding carboxylic acids is 1. The lowest BCUT2D eigenvalue weighted by Gasteiger charge is -2.29. The Balaban J connectivity index is 1.87. The monoisotopic (exact) mass is 445 g/mol. The van der Waals surface area contributed by atoms with Gasteiger partial charge in [0.2, 0.25) is 5.95 Å². The predicted molar refractivity (Wildman–Crippen MR) is 113 cm³/mol. The first-order valence-corrected chi connectivity index (χ1v) is 10.2. The third-order valence-electron chi connectivity index (χ3n) is 5.40. The minimum absolute atomic E-state index is 0.110. The number of carbonyl (C=O) groups is 1. The first kappa shape index (κ1) is 21.7. The molecule has 3 aromatic rings. The molecule has 7 nitrogen and oxygen atoms in total. The fraction of sp³-hybridized carbons (Fsp3) is 0.318. The molecule has 0 bridgehead atoms. The maximum absolute atomic E-state index is 13.6. The van der Waals surface area contributed by atoms with Gasteiger partial charge in [0, 0.05) is 25.8 Å². The van der Waals surface area contributed by atoms with Crippen LogP contribution in [0.5, 0.6) is 0 Å². The van der Waals surface area contributed by atoms with Crippen molar-refractivity contribution in [2.75, 3.05) is 30.8 Å². The molecule has 1 aliphatic heterocycles. The van der Waals surface area contributed by atoms with Crippen LogP contribution in [0.4, 0.5) is 30.6 Å². The van der Waals surface area contributed by atoms with Gasteiger partial charge in [-0.1, -0.05) is 6.07 Å². The molecule has 2 aromatic heterocycles. The highest BCUT2D eigenvalue weighted by atomic mass is 19.4. The Bertz CT molecular complexity index is 1110. The smallest absolute Gasteiger partial charge is 0.416 e. The number of nitrogen functional groups attached to an aromatic ring is 1. The molecule has 0 spiro atoms. The van der Waals surface area contributed by atoms with E-state index in [9.17, 15) is 18.0 Å². The van der Waals surface area contributed by atoms with Crippen molar-refractivity contribution in [2.45, 2.75) is 25.4 Å². The van der Waals surface area contributed by atoms with Crippen LogP contribution >= 0.6 is 0 Å². The zero-order valence-electron chi connectivity index (χ0n) is 17.4. The van der Waals surface area contributed by atoms with Crippen molar-refractivity contribution >= 4 is 23.4 Å². The van der Waals surface area contributed by atoms with Gasteiger partial charge in [0.15, 0.2) is 11.6 Å². The standard InChI is InChI=1S/C22H22F3N5O2/c1-29(15-8-5-7-14(13-15)22(23,24)25)19-17(20(31)30-10-3-2-4-11-30)18(27-21(26)28-19)16-9-6-12-32-16/h5-9,12-13H,2-4,10-11H2,1H3,(H2,26,27,28). The Morgan fingerprint density at radius 2 is 1.88 bits per heavy atom. The molecular formula is C22H22F3N5O2. The lowest BCUT2D eigenvalue weighted by atomic mass is 10.1. The number of amides is 1. The van der Waals surface area contributed by atoms with Crippen LogP contribution in [0.2, 0.25) is 0 Å². The zero-order chi connectivity index (χ0) is 22.9. The van der Waals surface area contributed by atoms with E-state index in [1.807, 2.05) is 0 Å². The van der Waals surface area contributed by atoms with E-state index in [1.165, 1.54) is 30.3 Å². The molecule has 4 rings (SSSR count). The molecule has 0 radical (unpaired) electrons. The van der Waals surface area contributed by atoms with Crippen molar-refractivity contribution in [3.05, 3.63) is 53.8 Å². The number of aromatic nitrogens is 2. The summed E-state index contributed by atoms with van der Waals surface area (Å²) in [5.41, 5.74) is 5.67. The Labute approximate surface area is 182 Å². The summed E-state index contributed by atoms with van der Waals surface area (Å²) in [6.07, 6.45) is -0.288. The van der Waals surface area contributed by atoms with Crippen LogP contribution in [0, 0.1) is 0 Å². The van der Waals surface area contributed by atoms with Gasteiger partial charge in [0.05, 0.1) is 11.8 Å². The molecule has 168 valence electrons. The molecule has 1 aliphatic rings. The van der Waals surface area contributed by atoms with E-state index in [-0.39, 0.29) is 34.6 Å². The third kappa shape index (κ3) is 4.25. The summed E-state index contributed by atoms with van der Waals surface area (Å²) < 4.78 is 45.3. The second-order valence-corrected chi connectivity index (χ2v) is 7.57. The van der Waals surface area contributed by atoms with Crippen LogP contribution < -0.4 is 10.6 Å². The van der Waals surface area contributed by atoms with Gasteiger partial charge < -0.3 is 20.0 Å². The fourth-order valence-electron chi connectivity index (χ4n) is 3.77. The third-order valence-corrected chi connectivity index (χ3v) is 5.40. The quantitative estimate of drug-likeness (QED) is 0.625. The number of likely N-dealkylation sites (tertiary alicyclic amines) is 1. The molecule has 2 N–H and O–H groups in total. The van der Waals surface area contributed by atoms with E-state index >= 15 is 0 Å². The summed E-state index contributed by atoms with van der Waals surface area (Å²) in [6, 6.07) is 8.09. The average molecular weight is 445 g/mol. The minimum Gasteiger partial charge on any atom is -0.463 e. The highest BCUT2D eigenvalue weighted by Crippen LogP contribution is 2.36. The Hall–Kier alpha value is -3.56. The number of halogens is 3. The number of anilines is 3. The summed E-state index contributed by atoms with van der Waals surface area (Å²) in [4.78, 5) is 25.2. The van der Waals surface area contributed by atoms with E-state index in [2.05, 4.69) is 9.97 Å². The van der Waals surface area contributed by atoms with Gasteiger partial charge in [0.1, 0.15) is 11.3 Å². The van der Waals surface area contributed by atoms with Crippen molar-refractivity contribution in [3.63, 3.8) is 0 Å². The number of piperidine rings is 1. The molecule has 0 unspecified atom stereocenters. The molecular weight excluding hydrogens is 423 g/mol. The first-order valence-electron chi connectivity index (χ1n) is 10.2. The summed E-state index contributed by atoms with van der Waals surface area (Å²) >= 11 is 0. The molecule has 1 aromatic carbocycles. The SMILES string of the molecule is CN(c1cccc(C(F)(F)F)c1)c1nc(N)nc(-c2ccco2)c1C(=O)N1CCCCC1. The summed E-state index contributed by atoms with van der Waals surface area (Å²) in [5, 5.41) is 0. The number of rotatable bonds is 4. The van der Waals surface area contributed by atoms with Crippen LogP contribution in [0.25, 0.3) is 11.5 Å². The van der Waals surface area contributed by atoms with Crippen molar-refractivity contribution in [1.82, 2.24) is 14.9 Å². The van der Waals surface area contributed by atoms with Crippen LogP contribution in [-0.2, 0) is 6.18 Å². The van der Waals surface area contributed by atoms with Crippen LogP contribution in [0.3, 0.4) is 0 Å².